The summed E-state index contributed by atoms with van der Waals surface area (Å²) < 4.78 is 1.52. The molecule has 0 atom stereocenters. The maximum absolute atomic E-state index is 11.5. The number of thioether (sulfide) groups is 1. The fourth-order valence-corrected chi connectivity index (χ4v) is 1.75. The lowest BCUT2D eigenvalue weighted by molar-refractivity contribution is 0.738. The van der Waals surface area contributed by atoms with Gasteiger partial charge in [0.2, 0.25) is 0 Å². The highest BCUT2D eigenvalue weighted by atomic mass is 32.2. The van der Waals surface area contributed by atoms with E-state index >= 15 is 0 Å². The van der Waals surface area contributed by atoms with Gasteiger partial charge in [0.25, 0.3) is 5.56 Å². The van der Waals surface area contributed by atoms with Crippen molar-refractivity contribution in [2.75, 3.05) is 12.0 Å². The van der Waals surface area contributed by atoms with Crippen LogP contribution in [-0.2, 0) is 6.54 Å². The molecule has 0 aliphatic heterocycles. The molecule has 0 fully saturated rings. The fourth-order valence-electron chi connectivity index (χ4n) is 1.52. The second-order valence-electron chi connectivity index (χ2n) is 3.51. The molecule has 0 aliphatic rings. The first-order chi connectivity index (χ1) is 8.01. The molecular formula is C12H17N3OS. The number of nitrogen functional groups attached to an aromatic ring is 1. The Morgan fingerprint density at radius 2 is 2.24 bits per heavy atom. The molecule has 0 spiro atoms. The predicted octanol–water partition coefficient (Wildman–Crippen LogP) is 2.09. The third kappa shape index (κ3) is 3.00. The molecule has 2 N–H and O–H groups in total. The standard InChI is InChI=1S/C12H17N3OS/c1-5-15-11(16)7-6-10(12(15)13)8(2)14-9(3)17-4/h6-7H,3,5,13H2,1-2,4H3/b14-8-. The number of hydrogen-bond donors (Lipinski definition) is 1. The normalized spacial score (nSPS) is 11.6. The lowest BCUT2D eigenvalue weighted by Gasteiger charge is -2.11. The van der Waals surface area contributed by atoms with Crippen LogP contribution in [-0.4, -0.2) is 16.5 Å². The number of nitrogens with zero attached hydrogens (tertiary/aromatic N) is 2. The fraction of sp³-hybridized carbons (Fsp3) is 0.333. The topological polar surface area (TPSA) is 60.4 Å². The summed E-state index contributed by atoms with van der Waals surface area (Å²) in [5.41, 5.74) is 7.41. The minimum Gasteiger partial charge on any atom is -0.384 e. The van der Waals surface area contributed by atoms with Gasteiger partial charge >= 0.3 is 0 Å². The van der Waals surface area contributed by atoms with Crippen LogP contribution in [0.3, 0.4) is 0 Å². The quantitative estimate of drug-likeness (QED) is 0.834. The van der Waals surface area contributed by atoms with E-state index in [1.807, 2.05) is 20.1 Å². The van der Waals surface area contributed by atoms with E-state index in [1.54, 1.807) is 6.07 Å². The molecule has 0 amide bonds. The molecule has 17 heavy (non-hydrogen) atoms. The highest BCUT2D eigenvalue weighted by molar-refractivity contribution is 8.02. The van der Waals surface area contributed by atoms with Gasteiger partial charge < -0.3 is 5.73 Å². The van der Waals surface area contributed by atoms with Gasteiger partial charge in [0.15, 0.2) is 0 Å². The predicted molar refractivity (Wildman–Crippen MR) is 75.7 cm³/mol. The first-order valence-electron chi connectivity index (χ1n) is 5.29. The Bertz CT molecular complexity index is 517. The lowest BCUT2D eigenvalue weighted by atomic mass is 10.1. The van der Waals surface area contributed by atoms with Crippen molar-refractivity contribution < 1.29 is 0 Å². The zero-order valence-electron chi connectivity index (χ0n) is 10.4. The summed E-state index contributed by atoms with van der Waals surface area (Å²) in [5.74, 6) is 0.454. The maximum atomic E-state index is 11.5. The smallest absolute Gasteiger partial charge is 0.252 e. The molecule has 1 heterocycles. The number of aromatic nitrogens is 1. The SMILES string of the molecule is C=C(/N=C(/C)c1ccc(=O)n(CC)c1N)SC. The second kappa shape index (κ2) is 5.72. The number of anilines is 1. The van der Waals surface area contributed by atoms with Crippen molar-refractivity contribution in [3.05, 3.63) is 39.7 Å². The molecule has 5 heteroatoms. The van der Waals surface area contributed by atoms with E-state index in [1.165, 1.54) is 22.4 Å². The number of aliphatic imine (C=N–C) groups is 1. The number of nitrogens with two attached hydrogens (primary N) is 1. The summed E-state index contributed by atoms with van der Waals surface area (Å²) in [6.45, 7) is 8.09. The first-order valence-corrected chi connectivity index (χ1v) is 6.51. The largest absolute Gasteiger partial charge is 0.384 e. The summed E-state index contributed by atoms with van der Waals surface area (Å²) in [7, 11) is 0. The molecule has 1 aromatic heterocycles. The number of pyridine rings is 1. The van der Waals surface area contributed by atoms with Crippen molar-refractivity contribution in [2.24, 2.45) is 4.99 Å². The van der Waals surface area contributed by atoms with Crippen molar-refractivity contribution in [3.63, 3.8) is 0 Å². The molecule has 0 saturated heterocycles. The highest BCUT2D eigenvalue weighted by Crippen LogP contribution is 2.15. The van der Waals surface area contributed by atoms with Crippen molar-refractivity contribution in [3.8, 4) is 0 Å². The van der Waals surface area contributed by atoms with Gasteiger partial charge in [0.05, 0.1) is 5.03 Å². The summed E-state index contributed by atoms with van der Waals surface area (Å²) >= 11 is 1.48. The minimum atomic E-state index is -0.0924. The second-order valence-corrected chi connectivity index (χ2v) is 4.39. The Kier molecular flexibility index (Phi) is 4.57. The van der Waals surface area contributed by atoms with Crippen molar-refractivity contribution >= 4 is 23.3 Å². The molecule has 0 bridgehead atoms. The zero-order chi connectivity index (χ0) is 13.0. The van der Waals surface area contributed by atoms with Crippen LogP contribution in [0.2, 0.25) is 0 Å². The number of hydrogen-bond acceptors (Lipinski definition) is 4. The molecule has 0 unspecified atom stereocenters. The van der Waals surface area contributed by atoms with E-state index in [0.717, 1.165) is 16.3 Å². The van der Waals surface area contributed by atoms with E-state index in [9.17, 15) is 4.79 Å². The van der Waals surface area contributed by atoms with Gasteiger partial charge in [-0.25, -0.2) is 4.99 Å². The van der Waals surface area contributed by atoms with Gasteiger partial charge in [0.1, 0.15) is 5.82 Å². The van der Waals surface area contributed by atoms with E-state index in [0.29, 0.717) is 12.4 Å². The Labute approximate surface area is 105 Å². The van der Waals surface area contributed by atoms with Crippen molar-refractivity contribution in [1.29, 1.82) is 0 Å². The summed E-state index contributed by atoms with van der Waals surface area (Å²) in [6, 6.07) is 3.21. The minimum absolute atomic E-state index is 0.0924. The average Bonchev–Trinajstić information content (AvgIpc) is 2.29. The van der Waals surface area contributed by atoms with Crippen LogP contribution in [0.4, 0.5) is 5.82 Å². The van der Waals surface area contributed by atoms with E-state index in [-0.39, 0.29) is 5.56 Å². The van der Waals surface area contributed by atoms with Crippen LogP contribution in [0.1, 0.15) is 19.4 Å². The third-order valence-electron chi connectivity index (χ3n) is 2.46. The van der Waals surface area contributed by atoms with Gasteiger partial charge in [-0.3, -0.25) is 9.36 Å². The van der Waals surface area contributed by atoms with Crippen LogP contribution in [0.25, 0.3) is 0 Å². The Morgan fingerprint density at radius 3 is 2.76 bits per heavy atom. The van der Waals surface area contributed by atoms with Gasteiger partial charge in [-0.1, -0.05) is 6.58 Å². The summed E-state index contributed by atoms with van der Waals surface area (Å²) in [6.07, 6.45) is 1.91. The molecule has 4 nitrogen and oxygen atoms in total. The Hall–Kier alpha value is -1.49. The summed E-state index contributed by atoms with van der Waals surface area (Å²) in [5, 5.41) is 0.719. The highest BCUT2D eigenvalue weighted by Gasteiger charge is 2.08. The molecule has 0 aliphatic carbocycles. The molecular weight excluding hydrogens is 234 g/mol. The van der Waals surface area contributed by atoms with Crippen molar-refractivity contribution in [2.45, 2.75) is 20.4 Å². The van der Waals surface area contributed by atoms with E-state index in [2.05, 4.69) is 11.6 Å². The maximum Gasteiger partial charge on any atom is 0.252 e. The lowest BCUT2D eigenvalue weighted by Crippen LogP contribution is -2.23. The first kappa shape index (κ1) is 13.6. The van der Waals surface area contributed by atoms with Gasteiger partial charge in [-0.2, -0.15) is 0 Å². The molecule has 92 valence electrons. The van der Waals surface area contributed by atoms with Gasteiger partial charge in [-0.15, -0.1) is 11.8 Å². The Balaban J connectivity index is 3.29. The van der Waals surface area contributed by atoms with Crippen LogP contribution in [0.15, 0.2) is 33.5 Å². The van der Waals surface area contributed by atoms with Crippen molar-refractivity contribution in [1.82, 2.24) is 4.57 Å². The van der Waals surface area contributed by atoms with Crippen LogP contribution in [0.5, 0.6) is 0 Å². The van der Waals surface area contributed by atoms with Gasteiger partial charge in [-0.05, 0) is 26.2 Å². The molecule has 0 radical (unpaired) electrons. The molecule has 0 aromatic carbocycles. The third-order valence-corrected chi connectivity index (χ3v) is 3.02. The number of rotatable bonds is 4. The average molecular weight is 251 g/mol. The van der Waals surface area contributed by atoms with Gasteiger partial charge in [0, 0.05) is 23.9 Å². The van der Waals surface area contributed by atoms with E-state index < -0.39 is 0 Å². The zero-order valence-corrected chi connectivity index (χ0v) is 11.2. The molecule has 1 aromatic rings. The van der Waals surface area contributed by atoms with Crippen LogP contribution in [0, 0.1) is 0 Å². The van der Waals surface area contributed by atoms with Crippen LogP contribution < -0.4 is 11.3 Å². The summed E-state index contributed by atoms with van der Waals surface area (Å²) in [4.78, 5) is 15.9. The monoisotopic (exact) mass is 251 g/mol. The van der Waals surface area contributed by atoms with E-state index in [4.69, 9.17) is 5.73 Å². The van der Waals surface area contributed by atoms with Crippen LogP contribution >= 0.6 is 11.8 Å². The molecule has 1 rings (SSSR count). The molecule has 0 saturated carbocycles. The Morgan fingerprint density at radius 1 is 1.59 bits per heavy atom.